The number of carbonyl (C=O) groups excluding carboxylic acids is 3. The molecule has 1 unspecified atom stereocenters. The number of ether oxygens (including phenoxy) is 2. The topological polar surface area (TPSA) is 200 Å². The van der Waals surface area contributed by atoms with Crippen LogP contribution in [0.4, 0.5) is 9.59 Å². The van der Waals surface area contributed by atoms with Crippen molar-refractivity contribution in [3.8, 4) is 22.5 Å². The summed E-state index contributed by atoms with van der Waals surface area (Å²) in [7, 11) is 2.97. The quantitative estimate of drug-likeness (QED) is 0.0918. The average molecular weight is 796 g/mol. The van der Waals surface area contributed by atoms with Gasteiger partial charge in [-0.1, -0.05) is 52.0 Å². The molecule has 5 aromatic rings. The van der Waals surface area contributed by atoms with Crippen molar-refractivity contribution >= 4 is 45.8 Å². The number of fused-ring (bicyclic) bond motifs is 3. The van der Waals surface area contributed by atoms with Crippen LogP contribution in [-0.4, -0.2) is 109 Å². The number of carbonyl (C=O) groups is 4. The van der Waals surface area contributed by atoms with Crippen molar-refractivity contribution in [3.63, 3.8) is 0 Å². The average Bonchev–Trinajstić information content (AvgIpc) is 4.06. The van der Waals surface area contributed by atoms with E-state index in [9.17, 15) is 24.3 Å². The lowest BCUT2D eigenvalue weighted by atomic mass is 10.0. The van der Waals surface area contributed by atoms with Gasteiger partial charge in [0.05, 0.1) is 49.6 Å². The van der Waals surface area contributed by atoms with Gasteiger partial charge in [0.1, 0.15) is 23.7 Å². The number of aromatic nitrogens is 5. The van der Waals surface area contributed by atoms with Crippen molar-refractivity contribution in [2.24, 2.45) is 11.8 Å². The molecule has 2 fully saturated rings. The number of carboxylic acid groups (broad SMARTS) is 1. The number of nitrogens with one attached hydrogen (secondary N) is 4. The fourth-order valence-corrected chi connectivity index (χ4v) is 8.49. The number of rotatable bonds is 13. The van der Waals surface area contributed by atoms with Gasteiger partial charge in [-0.25, -0.2) is 19.6 Å². The van der Waals surface area contributed by atoms with Gasteiger partial charge in [-0.05, 0) is 49.7 Å². The first-order chi connectivity index (χ1) is 27.9. The van der Waals surface area contributed by atoms with Gasteiger partial charge >= 0.3 is 12.2 Å². The molecule has 308 valence electrons. The molecule has 0 bridgehead atoms. The Hall–Kier alpha value is -5.90. The van der Waals surface area contributed by atoms with Gasteiger partial charge in [0.15, 0.2) is 0 Å². The van der Waals surface area contributed by atoms with Crippen molar-refractivity contribution in [3.05, 3.63) is 60.4 Å². The van der Waals surface area contributed by atoms with Crippen molar-refractivity contribution in [1.82, 2.24) is 44.9 Å². The Labute approximate surface area is 336 Å². The molecule has 0 aliphatic carbocycles. The van der Waals surface area contributed by atoms with E-state index in [0.717, 1.165) is 70.0 Å². The molecular formula is C42H53N9O7. The third kappa shape index (κ3) is 7.84. The highest BCUT2D eigenvalue weighted by molar-refractivity contribution is 6.10. The Balaban J connectivity index is 1.16. The molecule has 0 saturated carbocycles. The third-order valence-corrected chi connectivity index (χ3v) is 11.5. The van der Waals surface area contributed by atoms with E-state index in [-0.39, 0.29) is 35.7 Å². The number of amides is 4. The molecule has 58 heavy (non-hydrogen) atoms. The Bertz CT molecular complexity index is 2310. The van der Waals surface area contributed by atoms with Crippen LogP contribution in [0.1, 0.15) is 77.1 Å². The van der Waals surface area contributed by atoms with Gasteiger partial charge in [-0.2, -0.15) is 0 Å². The summed E-state index contributed by atoms with van der Waals surface area (Å²) >= 11 is 0. The summed E-state index contributed by atoms with van der Waals surface area (Å²) in [5.41, 5.74) is 5.59. The summed E-state index contributed by atoms with van der Waals surface area (Å²) < 4.78 is 12.6. The predicted molar refractivity (Wildman–Crippen MR) is 218 cm³/mol. The van der Waals surface area contributed by atoms with Gasteiger partial charge in [0.25, 0.3) is 0 Å². The number of imidazole rings is 2. The second-order valence-corrected chi connectivity index (χ2v) is 15.9. The Morgan fingerprint density at radius 1 is 0.776 bits per heavy atom. The number of alkyl carbamates (subject to hydrolysis) is 1. The first kappa shape index (κ1) is 40.3. The fourth-order valence-electron chi connectivity index (χ4n) is 8.49. The zero-order valence-electron chi connectivity index (χ0n) is 33.9. The van der Waals surface area contributed by atoms with Gasteiger partial charge in [-0.3, -0.25) is 9.59 Å². The smallest absolute Gasteiger partial charge is 0.407 e. The van der Waals surface area contributed by atoms with Crippen LogP contribution < -0.4 is 10.6 Å². The van der Waals surface area contributed by atoms with Crippen LogP contribution in [0.3, 0.4) is 0 Å². The monoisotopic (exact) mass is 795 g/mol. The van der Waals surface area contributed by atoms with E-state index in [1.165, 1.54) is 7.11 Å². The van der Waals surface area contributed by atoms with Crippen LogP contribution in [0, 0.1) is 11.8 Å². The molecule has 16 nitrogen and oxygen atoms in total. The number of aromatic amines is 2. The molecule has 0 radical (unpaired) electrons. The minimum Gasteiger partial charge on any atom is -0.465 e. The van der Waals surface area contributed by atoms with E-state index >= 15 is 0 Å². The Morgan fingerprint density at radius 3 is 1.69 bits per heavy atom. The van der Waals surface area contributed by atoms with Crippen molar-refractivity contribution in [2.45, 2.75) is 84.1 Å². The first-order valence-electron chi connectivity index (χ1n) is 20.0. The molecule has 2 aromatic carbocycles. The van der Waals surface area contributed by atoms with Crippen LogP contribution in [-0.2, 0) is 25.6 Å². The Kier molecular flexibility index (Phi) is 11.7. The largest absolute Gasteiger partial charge is 0.465 e. The number of hydrogen-bond donors (Lipinski definition) is 5. The molecule has 0 spiro atoms. The molecule has 16 heteroatoms. The number of H-pyrrole nitrogens is 2. The van der Waals surface area contributed by atoms with E-state index in [1.54, 1.807) is 23.1 Å². The molecule has 3 aromatic heterocycles. The van der Waals surface area contributed by atoms with E-state index < -0.39 is 24.3 Å². The lowest BCUT2D eigenvalue weighted by Crippen LogP contribution is -2.51. The molecule has 5 N–H and O–H groups in total. The van der Waals surface area contributed by atoms with Crippen LogP contribution in [0.5, 0.6) is 0 Å². The highest BCUT2D eigenvalue weighted by Gasteiger charge is 2.39. The number of nitrogens with zero attached hydrogens (tertiary/aromatic N) is 5. The predicted octanol–water partition coefficient (Wildman–Crippen LogP) is 6.22. The molecule has 2 aliphatic rings. The maximum Gasteiger partial charge on any atom is 0.407 e. The molecule has 2 saturated heterocycles. The van der Waals surface area contributed by atoms with Crippen LogP contribution in [0.15, 0.2) is 48.8 Å². The van der Waals surface area contributed by atoms with Crippen molar-refractivity contribution in [2.75, 3.05) is 33.9 Å². The lowest BCUT2D eigenvalue weighted by Gasteiger charge is -2.30. The van der Waals surface area contributed by atoms with E-state index in [4.69, 9.17) is 19.4 Å². The van der Waals surface area contributed by atoms with Crippen LogP contribution in [0.2, 0.25) is 0 Å². The fraction of sp³-hybridized carbons (Fsp3) is 0.476. The van der Waals surface area contributed by atoms with Crippen LogP contribution in [0.25, 0.3) is 44.3 Å². The van der Waals surface area contributed by atoms with Gasteiger partial charge in [0.2, 0.25) is 11.8 Å². The summed E-state index contributed by atoms with van der Waals surface area (Å²) in [6, 6.07) is 10.6. The normalized spacial score (nSPS) is 18.1. The second kappa shape index (κ2) is 16.9. The number of hydrogen-bond acceptors (Lipinski definition) is 8. The third-order valence-electron chi connectivity index (χ3n) is 11.5. The van der Waals surface area contributed by atoms with Gasteiger partial charge < -0.3 is 49.5 Å². The van der Waals surface area contributed by atoms with E-state index in [0.29, 0.717) is 37.9 Å². The number of methoxy groups -OCH3 is 2. The highest BCUT2D eigenvalue weighted by atomic mass is 16.5. The Morgan fingerprint density at radius 2 is 1.26 bits per heavy atom. The zero-order chi connectivity index (χ0) is 41.2. The minimum absolute atomic E-state index is 0.126. The molecule has 5 heterocycles. The van der Waals surface area contributed by atoms with Crippen molar-refractivity contribution in [1.29, 1.82) is 0 Å². The molecule has 4 atom stereocenters. The summed E-state index contributed by atoms with van der Waals surface area (Å²) in [5, 5.41) is 16.7. The maximum absolute atomic E-state index is 13.7. The number of benzene rings is 2. The maximum atomic E-state index is 13.7. The zero-order valence-corrected chi connectivity index (χ0v) is 33.9. The summed E-state index contributed by atoms with van der Waals surface area (Å²) in [4.78, 5) is 70.8. The molecule has 2 aliphatic heterocycles. The van der Waals surface area contributed by atoms with Gasteiger partial charge in [-0.15, -0.1) is 0 Å². The minimum atomic E-state index is -1.22. The summed E-state index contributed by atoms with van der Waals surface area (Å²) in [6.07, 6.45) is 4.85. The SMILES string of the molecule is COCCn1c2cc(-c3cnc(C4CCCN4C(=O)[C@@H](NC(=O)OC)C(C)C)[nH]3)ccc2c2ccc(-c3cnc([C@@H]4CCCN4C(=O)[C@@H](NC(=O)O)C(C)C)[nH]3)cc21. The standard InChI is InChI=1S/C42H53N9O7/c1-23(2)35(47-41(54)55)39(52)50-15-7-9-31(50)37-43-21-29(45-37)25-11-13-27-28-14-12-26(20-34(28)49(17-18-57-5)33(27)19-25)30-22-44-38(46-30)32-10-8-16-51(32)40(53)36(24(3)4)48-42(56)58-6/h11-14,19-24,31-32,35-36,47H,7-10,15-18H2,1-6H3,(H,43,45)(H,44,46)(H,48,56)(H,54,55)/t31-,32?,35-,36-/m0/s1. The van der Waals surface area contributed by atoms with Gasteiger partial charge in [0, 0.05) is 59.7 Å². The van der Waals surface area contributed by atoms with Crippen LogP contribution >= 0.6 is 0 Å². The highest BCUT2D eigenvalue weighted by Crippen LogP contribution is 2.38. The lowest BCUT2D eigenvalue weighted by molar-refractivity contribution is -0.136. The second-order valence-electron chi connectivity index (χ2n) is 15.9. The summed E-state index contributed by atoms with van der Waals surface area (Å²) in [5.74, 6) is 0.642. The molecular weight excluding hydrogens is 743 g/mol. The molecule has 7 rings (SSSR count). The molecule has 4 amide bonds. The number of likely N-dealkylation sites (tertiary alicyclic amines) is 2. The first-order valence-corrected chi connectivity index (χ1v) is 20.0. The van der Waals surface area contributed by atoms with Crippen molar-refractivity contribution < 1.29 is 33.8 Å². The van der Waals surface area contributed by atoms with E-state index in [1.807, 2.05) is 33.9 Å². The van der Waals surface area contributed by atoms with E-state index in [2.05, 4.69) is 61.6 Å². The summed E-state index contributed by atoms with van der Waals surface area (Å²) in [6.45, 7) is 9.68.